The van der Waals surface area contributed by atoms with E-state index in [0.29, 0.717) is 24.1 Å². The smallest absolute Gasteiger partial charge is 0.253 e. The highest BCUT2D eigenvalue weighted by molar-refractivity contribution is 5.80. The predicted molar refractivity (Wildman–Crippen MR) is 128 cm³/mol. The number of nitrogens with zero attached hydrogens (tertiary/aromatic N) is 5. The van der Waals surface area contributed by atoms with Crippen LogP contribution in [0.3, 0.4) is 0 Å². The minimum absolute atomic E-state index is 0.104. The predicted octanol–water partition coefficient (Wildman–Crippen LogP) is 5.04. The van der Waals surface area contributed by atoms with Crippen LogP contribution in [0, 0.1) is 13.8 Å². The van der Waals surface area contributed by atoms with Gasteiger partial charge in [0.15, 0.2) is 5.82 Å². The van der Waals surface area contributed by atoms with Crippen molar-refractivity contribution in [1.82, 2.24) is 24.5 Å². The Morgan fingerprint density at radius 2 is 1.81 bits per heavy atom. The Morgan fingerprint density at radius 3 is 2.47 bits per heavy atom. The van der Waals surface area contributed by atoms with E-state index >= 15 is 0 Å². The third kappa shape index (κ3) is 4.27. The monoisotopic (exact) mass is 433 g/mol. The van der Waals surface area contributed by atoms with Gasteiger partial charge in [0, 0.05) is 35.1 Å². The van der Waals surface area contributed by atoms with E-state index in [2.05, 4.69) is 61.8 Å². The molecule has 1 aromatic carbocycles. The molecule has 170 valence electrons. The van der Waals surface area contributed by atoms with E-state index in [1.807, 2.05) is 13.8 Å². The van der Waals surface area contributed by atoms with Gasteiger partial charge < -0.3 is 4.90 Å². The summed E-state index contributed by atoms with van der Waals surface area (Å²) in [5, 5.41) is 4.75. The number of rotatable bonds is 4. The van der Waals surface area contributed by atoms with Crippen LogP contribution in [0.4, 0.5) is 0 Å². The molecule has 0 radical (unpaired) electrons. The highest BCUT2D eigenvalue weighted by Gasteiger charge is 2.27. The maximum atomic E-state index is 13.2. The molecule has 0 bridgehead atoms. The third-order valence-electron chi connectivity index (χ3n) is 6.80. The molecule has 1 saturated heterocycles. The molecule has 3 aromatic rings. The number of aryl methyl sites for hydroxylation is 2. The molecule has 2 aromatic heterocycles. The maximum absolute atomic E-state index is 13.2. The molecule has 3 heterocycles. The highest BCUT2D eigenvalue weighted by atomic mass is 16.2. The van der Waals surface area contributed by atoms with Gasteiger partial charge in [0.05, 0.1) is 6.42 Å². The standard InChI is InChI=1S/C26H35N5O/c1-7-21-10-8-9-15-30(21)23(32)16-22-17(2)27-25-28-24(29-31(25)18(22)3)19-11-13-20(14-12-19)26(4,5)6/h11-14,21H,7-10,15-16H2,1-6H3/t21-/m0/s1. The number of benzene rings is 1. The van der Waals surface area contributed by atoms with E-state index in [0.717, 1.165) is 48.3 Å². The second-order valence-corrected chi connectivity index (χ2v) is 10.1. The summed E-state index contributed by atoms with van der Waals surface area (Å²) >= 11 is 0. The summed E-state index contributed by atoms with van der Waals surface area (Å²) in [5.74, 6) is 1.43. The minimum atomic E-state index is 0.104. The zero-order valence-electron chi connectivity index (χ0n) is 20.3. The van der Waals surface area contributed by atoms with E-state index in [9.17, 15) is 4.79 Å². The number of aromatic nitrogens is 4. The van der Waals surface area contributed by atoms with E-state index in [4.69, 9.17) is 10.1 Å². The first-order chi connectivity index (χ1) is 15.2. The molecular formula is C26H35N5O. The Labute approximate surface area is 191 Å². The Kier molecular flexibility index (Phi) is 6.06. The number of carbonyl (C=O) groups is 1. The van der Waals surface area contributed by atoms with Crippen molar-refractivity contribution in [3.63, 3.8) is 0 Å². The summed E-state index contributed by atoms with van der Waals surface area (Å²) in [7, 11) is 0. The molecular weight excluding hydrogens is 398 g/mol. The van der Waals surface area contributed by atoms with Crippen molar-refractivity contribution in [2.75, 3.05) is 6.54 Å². The van der Waals surface area contributed by atoms with Gasteiger partial charge in [-0.15, -0.1) is 5.10 Å². The lowest BCUT2D eigenvalue weighted by atomic mass is 9.87. The summed E-state index contributed by atoms with van der Waals surface area (Å²) in [6.45, 7) is 13.6. The molecule has 1 fully saturated rings. The lowest BCUT2D eigenvalue weighted by molar-refractivity contribution is -0.134. The van der Waals surface area contributed by atoms with Gasteiger partial charge in [-0.1, -0.05) is 52.0 Å². The first-order valence-corrected chi connectivity index (χ1v) is 11.8. The van der Waals surface area contributed by atoms with Crippen LogP contribution in [0.25, 0.3) is 17.2 Å². The zero-order chi connectivity index (χ0) is 23.0. The van der Waals surface area contributed by atoms with Crippen LogP contribution in [-0.2, 0) is 16.6 Å². The van der Waals surface area contributed by atoms with Crippen molar-refractivity contribution in [2.24, 2.45) is 0 Å². The van der Waals surface area contributed by atoms with Crippen molar-refractivity contribution in [1.29, 1.82) is 0 Å². The molecule has 1 atom stereocenters. The maximum Gasteiger partial charge on any atom is 0.253 e. The molecule has 0 N–H and O–H groups in total. The average Bonchev–Trinajstić information content (AvgIpc) is 3.20. The van der Waals surface area contributed by atoms with Crippen LogP contribution >= 0.6 is 0 Å². The summed E-state index contributed by atoms with van der Waals surface area (Å²) < 4.78 is 1.79. The molecule has 32 heavy (non-hydrogen) atoms. The first-order valence-electron chi connectivity index (χ1n) is 11.8. The number of amides is 1. The van der Waals surface area contributed by atoms with Gasteiger partial charge >= 0.3 is 0 Å². The number of hydrogen-bond donors (Lipinski definition) is 0. The number of carbonyl (C=O) groups excluding carboxylic acids is 1. The van der Waals surface area contributed by atoms with E-state index in [1.165, 1.54) is 12.0 Å². The fraction of sp³-hybridized carbons (Fsp3) is 0.538. The zero-order valence-corrected chi connectivity index (χ0v) is 20.3. The minimum Gasteiger partial charge on any atom is -0.339 e. The van der Waals surface area contributed by atoms with Gasteiger partial charge in [-0.2, -0.15) is 4.98 Å². The number of fused-ring (bicyclic) bond motifs is 1. The first kappa shape index (κ1) is 22.4. The average molecular weight is 434 g/mol. The van der Waals surface area contributed by atoms with Crippen molar-refractivity contribution >= 4 is 11.7 Å². The van der Waals surface area contributed by atoms with Crippen molar-refractivity contribution in [3.05, 3.63) is 46.8 Å². The van der Waals surface area contributed by atoms with Crippen LogP contribution in [0.15, 0.2) is 24.3 Å². The van der Waals surface area contributed by atoms with E-state index in [1.54, 1.807) is 4.52 Å². The van der Waals surface area contributed by atoms with Gasteiger partial charge in [0.2, 0.25) is 5.91 Å². The van der Waals surface area contributed by atoms with Gasteiger partial charge in [-0.3, -0.25) is 4.79 Å². The van der Waals surface area contributed by atoms with Crippen LogP contribution < -0.4 is 0 Å². The molecule has 0 saturated carbocycles. The van der Waals surface area contributed by atoms with Gasteiger partial charge in [0.1, 0.15) is 0 Å². The normalized spacial score (nSPS) is 17.2. The molecule has 1 amide bonds. The quantitative estimate of drug-likeness (QED) is 0.578. The fourth-order valence-electron chi connectivity index (χ4n) is 4.71. The molecule has 6 nitrogen and oxygen atoms in total. The lowest BCUT2D eigenvalue weighted by Crippen LogP contribution is -2.44. The summed E-state index contributed by atoms with van der Waals surface area (Å²) in [4.78, 5) is 24.6. The molecule has 0 unspecified atom stereocenters. The molecule has 6 heteroatoms. The van der Waals surface area contributed by atoms with Gasteiger partial charge in [0.25, 0.3) is 5.78 Å². The highest BCUT2D eigenvalue weighted by Crippen LogP contribution is 2.26. The van der Waals surface area contributed by atoms with Crippen molar-refractivity contribution in [3.8, 4) is 11.4 Å². The molecule has 0 aliphatic carbocycles. The largest absolute Gasteiger partial charge is 0.339 e. The Hall–Kier alpha value is -2.76. The third-order valence-corrected chi connectivity index (χ3v) is 6.80. The summed E-state index contributed by atoms with van der Waals surface area (Å²) in [5.41, 5.74) is 5.11. The summed E-state index contributed by atoms with van der Waals surface area (Å²) in [6, 6.07) is 8.79. The second kappa shape index (κ2) is 8.64. The van der Waals surface area contributed by atoms with E-state index < -0.39 is 0 Å². The Bertz CT molecular complexity index is 1120. The van der Waals surface area contributed by atoms with E-state index in [-0.39, 0.29) is 11.3 Å². The topological polar surface area (TPSA) is 63.4 Å². The van der Waals surface area contributed by atoms with Crippen molar-refractivity contribution < 1.29 is 4.79 Å². The Morgan fingerprint density at radius 1 is 1.09 bits per heavy atom. The molecule has 0 spiro atoms. The number of piperidine rings is 1. The number of hydrogen-bond acceptors (Lipinski definition) is 4. The Balaban J connectivity index is 1.64. The molecule has 1 aliphatic heterocycles. The lowest BCUT2D eigenvalue weighted by Gasteiger charge is -2.35. The van der Waals surface area contributed by atoms with Crippen LogP contribution in [0.5, 0.6) is 0 Å². The fourth-order valence-corrected chi connectivity index (χ4v) is 4.71. The number of likely N-dealkylation sites (tertiary alicyclic amines) is 1. The van der Waals surface area contributed by atoms with Crippen molar-refractivity contribution in [2.45, 2.75) is 85.1 Å². The molecule has 1 aliphatic rings. The van der Waals surface area contributed by atoms with Gasteiger partial charge in [-0.25, -0.2) is 9.50 Å². The van der Waals surface area contributed by atoms with Crippen LogP contribution in [-0.4, -0.2) is 43.0 Å². The SMILES string of the molecule is CC[C@H]1CCCCN1C(=O)Cc1c(C)nc2nc(-c3ccc(C(C)(C)C)cc3)nn2c1C. The second-order valence-electron chi connectivity index (χ2n) is 10.1. The van der Waals surface area contributed by atoms with Crippen LogP contribution in [0.2, 0.25) is 0 Å². The van der Waals surface area contributed by atoms with Gasteiger partial charge in [-0.05, 0) is 50.5 Å². The van der Waals surface area contributed by atoms with Crippen LogP contribution in [0.1, 0.15) is 75.9 Å². The molecule has 4 rings (SSSR count). The summed E-state index contributed by atoms with van der Waals surface area (Å²) in [6.07, 6.45) is 4.80.